The zero-order valence-corrected chi connectivity index (χ0v) is 12.5. The zero-order valence-electron chi connectivity index (χ0n) is 12.5. The number of amides is 1. The van der Waals surface area contributed by atoms with Crippen LogP contribution < -0.4 is 15.0 Å². The maximum atomic E-state index is 12.1. The Morgan fingerprint density at radius 3 is 2.59 bits per heavy atom. The molecule has 1 atom stereocenters. The van der Waals surface area contributed by atoms with Crippen LogP contribution in [-0.2, 0) is 11.2 Å². The molecule has 1 heterocycles. The third-order valence-corrected chi connectivity index (χ3v) is 3.66. The molecule has 114 valence electrons. The first-order valence-corrected chi connectivity index (χ1v) is 7.10. The van der Waals surface area contributed by atoms with Gasteiger partial charge in [0.25, 0.3) is 5.91 Å². The number of nitrogens with zero attached hydrogens (tertiary/aromatic N) is 1. The highest BCUT2D eigenvalue weighted by Crippen LogP contribution is 2.33. The standard InChI is InChI=1S/C17H18N2O3/c1-19(2)12-5-3-11(4-6-12)9-16-17(21)18-14-10-13(20)7-8-15(14)22-16/h3-8,10,16,20H,9H2,1-2H3,(H,18,21). The molecule has 3 rings (SSSR count). The van der Waals surface area contributed by atoms with Gasteiger partial charge in [-0.05, 0) is 29.8 Å². The van der Waals surface area contributed by atoms with Gasteiger partial charge in [-0.1, -0.05) is 12.1 Å². The lowest BCUT2D eigenvalue weighted by Gasteiger charge is -2.26. The molecule has 0 spiro atoms. The third-order valence-electron chi connectivity index (χ3n) is 3.66. The van der Waals surface area contributed by atoms with Gasteiger partial charge in [0.15, 0.2) is 6.10 Å². The van der Waals surface area contributed by atoms with Gasteiger partial charge < -0.3 is 20.1 Å². The van der Waals surface area contributed by atoms with Gasteiger partial charge in [-0.15, -0.1) is 0 Å². The van der Waals surface area contributed by atoms with Crippen LogP contribution in [0.4, 0.5) is 11.4 Å². The van der Waals surface area contributed by atoms with Gasteiger partial charge in [-0.2, -0.15) is 0 Å². The Morgan fingerprint density at radius 2 is 1.91 bits per heavy atom. The average Bonchev–Trinajstić information content (AvgIpc) is 2.49. The zero-order chi connectivity index (χ0) is 15.7. The second-order valence-corrected chi connectivity index (χ2v) is 5.54. The molecular formula is C17H18N2O3. The van der Waals surface area contributed by atoms with Crippen molar-refractivity contribution < 1.29 is 14.6 Å². The van der Waals surface area contributed by atoms with Gasteiger partial charge >= 0.3 is 0 Å². The van der Waals surface area contributed by atoms with Crippen LogP contribution in [0.5, 0.6) is 11.5 Å². The molecule has 1 amide bonds. The number of benzene rings is 2. The summed E-state index contributed by atoms with van der Waals surface area (Å²) in [6.45, 7) is 0. The fraction of sp³-hybridized carbons (Fsp3) is 0.235. The van der Waals surface area contributed by atoms with E-state index in [2.05, 4.69) is 5.32 Å². The Morgan fingerprint density at radius 1 is 1.18 bits per heavy atom. The SMILES string of the molecule is CN(C)c1ccc(CC2Oc3ccc(O)cc3NC2=O)cc1. The molecule has 0 saturated heterocycles. The summed E-state index contributed by atoms with van der Waals surface area (Å²) in [6.07, 6.45) is -0.0675. The minimum absolute atomic E-state index is 0.0976. The number of carbonyl (C=O) groups excluding carboxylic acids is 1. The van der Waals surface area contributed by atoms with Gasteiger partial charge in [0.1, 0.15) is 11.5 Å². The molecule has 2 aromatic carbocycles. The van der Waals surface area contributed by atoms with E-state index in [1.807, 2.05) is 43.3 Å². The van der Waals surface area contributed by atoms with Crippen molar-refractivity contribution in [2.45, 2.75) is 12.5 Å². The van der Waals surface area contributed by atoms with Crippen molar-refractivity contribution in [3.8, 4) is 11.5 Å². The Bertz CT molecular complexity index is 696. The highest BCUT2D eigenvalue weighted by atomic mass is 16.5. The average molecular weight is 298 g/mol. The summed E-state index contributed by atoms with van der Waals surface area (Å²) < 4.78 is 5.75. The Labute approximate surface area is 129 Å². The molecule has 22 heavy (non-hydrogen) atoms. The lowest BCUT2D eigenvalue weighted by atomic mass is 10.1. The van der Waals surface area contributed by atoms with Gasteiger partial charge in [0.05, 0.1) is 5.69 Å². The van der Waals surface area contributed by atoms with E-state index >= 15 is 0 Å². The van der Waals surface area contributed by atoms with Crippen LogP contribution in [-0.4, -0.2) is 31.2 Å². The van der Waals surface area contributed by atoms with Crippen LogP contribution in [0.25, 0.3) is 0 Å². The fourth-order valence-corrected chi connectivity index (χ4v) is 2.42. The third kappa shape index (κ3) is 2.83. The Hall–Kier alpha value is -2.69. The molecule has 5 nitrogen and oxygen atoms in total. The van der Waals surface area contributed by atoms with Crippen LogP contribution in [0.15, 0.2) is 42.5 Å². The number of ether oxygens (including phenoxy) is 1. The predicted octanol–water partition coefficient (Wildman–Crippen LogP) is 2.40. The molecule has 1 unspecified atom stereocenters. The molecule has 0 fully saturated rings. The smallest absolute Gasteiger partial charge is 0.265 e. The lowest BCUT2D eigenvalue weighted by molar-refractivity contribution is -0.123. The van der Waals surface area contributed by atoms with Crippen LogP contribution in [0.2, 0.25) is 0 Å². The summed E-state index contributed by atoms with van der Waals surface area (Å²) in [7, 11) is 3.97. The minimum atomic E-state index is -0.567. The highest BCUT2D eigenvalue weighted by Gasteiger charge is 2.27. The van der Waals surface area contributed by atoms with Crippen molar-refractivity contribution in [1.29, 1.82) is 0 Å². The van der Waals surface area contributed by atoms with Crippen LogP contribution in [0.1, 0.15) is 5.56 Å². The van der Waals surface area contributed by atoms with Crippen molar-refractivity contribution in [2.75, 3.05) is 24.3 Å². The molecule has 0 radical (unpaired) electrons. The molecule has 0 aliphatic carbocycles. The first-order chi connectivity index (χ1) is 10.5. The van der Waals surface area contributed by atoms with Crippen molar-refractivity contribution in [1.82, 2.24) is 0 Å². The van der Waals surface area contributed by atoms with Crippen LogP contribution in [0.3, 0.4) is 0 Å². The van der Waals surface area contributed by atoms with E-state index in [0.29, 0.717) is 17.9 Å². The molecule has 2 aromatic rings. The highest BCUT2D eigenvalue weighted by molar-refractivity contribution is 5.98. The van der Waals surface area contributed by atoms with Crippen LogP contribution in [0, 0.1) is 0 Å². The van der Waals surface area contributed by atoms with E-state index in [1.54, 1.807) is 12.1 Å². The van der Waals surface area contributed by atoms with Gasteiger partial charge in [0.2, 0.25) is 0 Å². The molecule has 5 heteroatoms. The van der Waals surface area contributed by atoms with Crippen molar-refractivity contribution in [3.05, 3.63) is 48.0 Å². The number of hydrogen-bond donors (Lipinski definition) is 2. The van der Waals surface area contributed by atoms with E-state index in [4.69, 9.17) is 4.74 Å². The quantitative estimate of drug-likeness (QED) is 0.913. The monoisotopic (exact) mass is 298 g/mol. The maximum absolute atomic E-state index is 12.1. The summed E-state index contributed by atoms with van der Waals surface area (Å²) in [5.74, 6) is 0.475. The molecule has 1 aliphatic heterocycles. The molecule has 1 aliphatic rings. The summed E-state index contributed by atoms with van der Waals surface area (Å²) in [5.41, 5.74) is 2.65. The molecule has 0 bridgehead atoms. The number of phenols is 1. The van der Waals surface area contributed by atoms with Gasteiger partial charge in [-0.25, -0.2) is 0 Å². The molecule has 2 N–H and O–H groups in total. The maximum Gasteiger partial charge on any atom is 0.265 e. The summed E-state index contributed by atoms with van der Waals surface area (Å²) in [5, 5.41) is 12.2. The van der Waals surface area contributed by atoms with Crippen molar-refractivity contribution in [3.63, 3.8) is 0 Å². The van der Waals surface area contributed by atoms with E-state index < -0.39 is 6.10 Å². The number of carbonyl (C=O) groups is 1. The van der Waals surface area contributed by atoms with E-state index in [9.17, 15) is 9.90 Å². The second-order valence-electron chi connectivity index (χ2n) is 5.54. The fourth-order valence-electron chi connectivity index (χ4n) is 2.42. The van der Waals surface area contributed by atoms with E-state index in [-0.39, 0.29) is 11.7 Å². The number of aromatic hydroxyl groups is 1. The van der Waals surface area contributed by atoms with E-state index in [0.717, 1.165) is 11.3 Å². The first kappa shape index (κ1) is 14.3. The van der Waals surface area contributed by atoms with E-state index in [1.165, 1.54) is 6.07 Å². The molecule has 0 saturated carbocycles. The Kier molecular flexibility index (Phi) is 3.63. The topological polar surface area (TPSA) is 61.8 Å². The minimum Gasteiger partial charge on any atom is -0.508 e. The van der Waals surface area contributed by atoms with Crippen molar-refractivity contribution in [2.24, 2.45) is 0 Å². The Balaban J connectivity index is 1.75. The van der Waals surface area contributed by atoms with Crippen LogP contribution >= 0.6 is 0 Å². The van der Waals surface area contributed by atoms with Gasteiger partial charge in [-0.3, -0.25) is 4.79 Å². The molecule has 0 aromatic heterocycles. The molecular weight excluding hydrogens is 280 g/mol. The number of fused-ring (bicyclic) bond motifs is 1. The lowest BCUT2D eigenvalue weighted by Crippen LogP contribution is -2.38. The number of hydrogen-bond acceptors (Lipinski definition) is 4. The second kappa shape index (κ2) is 5.60. The summed E-state index contributed by atoms with van der Waals surface area (Å²) >= 11 is 0. The van der Waals surface area contributed by atoms with Gasteiger partial charge in [0, 0.05) is 32.3 Å². The summed E-state index contributed by atoms with van der Waals surface area (Å²) in [4.78, 5) is 14.1. The number of rotatable bonds is 3. The predicted molar refractivity (Wildman–Crippen MR) is 85.6 cm³/mol. The number of phenolic OH excluding ortho intramolecular Hbond substituents is 1. The van der Waals surface area contributed by atoms with Crippen molar-refractivity contribution >= 4 is 17.3 Å². The summed E-state index contributed by atoms with van der Waals surface area (Å²) in [6, 6.07) is 12.7. The number of nitrogens with one attached hydrogen (secondary N) is 1. The normalized spacial score (nSPS) is 16.5. The largest absolute Gasteiger partial charge is 0.508 e. The first-order valence-electron chi connectivity index (χ1n) is 7.10. The number of anilines is 2.